The molecule has 0 aliphatic rings. The zero-order chi connectivity index (χ0) is 10.6. The highest BCUT2D eigenvalue weighted by Crippen LogP contribution is 2.18. The zero-order valence-corrected chi connectivity index (χ0v) is 9.51. The van der Waals surface area contributed by atoms with Crippen molar-refractivity contribution in [1.29, 1.82) is 0 Å². The van der Waals surface area contributed by atoms with Gasteiger partial charge in [0.05, 0.1) is 0 Å². The van der Waals surface area contributed by atoms with Crippen LogP contribution in [0.1, 0.15) is 34.1 Å². The van der Waals surface area contributed by atoms with Crippen molar-refractivity contribution in [3.05, 3.63) is 0 Å². The Hall–Kier alpha value is -0.860. The van der Waals surface area contributed by atoms with E-state index < -0.39 is 0 Å². The number of carbonyl (C=O) groups is 1. The quantitative estimate of drug-likeness (QED) is 0.461. The highest BCUT2D eigenvalue weighted by Gasteiger charge is 2.15. The van der Waals surface area contributed by atoms with E-state index in [4.69, 9.17) is 0 Å². The lowest BCUT2D eigenvalue weighted by molar-refractivity contribution is -0.119. The summed E-state index contributed by atoms with van der Waals surface area (Å²) >= 11 is 0. The highest BCUT2D eigenvalue weighted by atomic mass is 16.1. The van der Waals surface area contributed by atoms with E-state index >= 15 is 0 Å². The van der Waals surface area contributed by atoms with Gasteiger partial charge in [0.1, 0.15) is 5.84 Å². The van der Waals surface area contributed by atoms with Crippen molar-refractivity contribution in [2.45, 2.75) is 34.1 Å². The molecule has 0 unspecified atom stereocenters. The predicted molar refractivity (Wildman–Crippen MR) is 55.9 cm³/mol. The molecule has 0 N–H and O–H groups in total. The van der Waals surface area contributed by atoms with E-state index in [0.29, 0.717) is 6.42 Å². The maximum atomic E-state index is 11.4. The molecule has 76 valence electrons. The molecule has 0 rings (SSSR count). The Morgan fingerprint density at radius 2 is 1.77 bits per heavy atom. The molecule has 0 fully saturated rings. The van der Waals surface area contributed by atoms with Gasteiger partial charge in [-0.1, -0.05) is 20.8 Å². The Kier molecular flexibility index (Phi) is 4.11. The zero-order valence-electron chi connectivity index (χ0n) is 9.51. The Balaban J connectivity index is 4.24. The van der Waals surface area contributed by atoms with Crippen LogP contribution in [0.3, 0.4) is 0 Å². The summed E-state index contributed by atoms with van der Waals surface area (Å²) in [5, 5.41) is 0. The van der Waals surface area contributed by atoms with Crippen LogP contribution in [0.5, 0.6) is 0 Å². The molecule has 0 aromatic rings. The van der Waals surface area contributed by atoms with Crippen molar-refractivity contribution in [2.75, 3.05) is 14.1 Å². The minimum atomic E-state index is -0.0429. The van der Waals surface area contributed by atoms with Crippen molar-refractivity contribution < 1.29 is 4.79 Å². The van der Waals surface area contributed by atoms with Gasteiger partial charge in [-0.05, 0) is 12.3 Å². The first-order valence-electron chi connectivity index (χ1n) is 4.48. The summed E-state index contributed by atoms with van der Waals surface area (Å²) in [6.45, 7) is 7.93. The predicted octanol–water partition coefficient (Wildman–Crippen LogP) is 1.93. The van der Waals surface area contributed by atoms with Gasteiger partial charge in [0.25, 0.3) is 0 Å². The number of nitrogens with zero attached hydrogens (tertiary/aromatic N) is 2. The molecule has 0 spiro atoms. The van der Waals surface area contributed by atoms with Crippen LogP contribution in [0.2, 0.25) is 0 Å². The van der Waals surface area contributed by atoms with E-state index in [0.717, 1.165) is 5.84 Å². The van der Waals surface area contributed by atoms with Crippen molar-refractivity contribution in [3.8, 4) is 0 Å². The molecule has 0 saturated carbocycles. The van der Waals surface area contributed by atoms with Gasteiger partial charge >= 0.3 is 0 Å². The molecule has 3 nitrogen and oxygen atoms in total. The number of carbonyl (C=O) groups excluding carboxylic acids is 1. The molecule has 0 aliphatic heterocycles. The second kappa shape index (κ2) is 4.40. The summed E-state index contributed by atoms with van der Waals surface area (Å²) in [7, 11) is 3.76. The maximum Gasteiger partial charge on any atom is 0.247 e. The average Bonchev–Trinajstić information content (AvgIpc) is 1.81. The van der Waals surface area contributed by atoms with E-state index in [-0.39, 0.29) is 11.3 Å². The molecule has 0 heterocycles. The van der Waals surface area contributed by atoms with Crippen LogP contribution in [0.4, 0.5) is 0 Å². The number of amides is 1. The second-order valence-electron chi connectivity index (χ2n) is 4.68. The van der Waals surface area contributed by atoms with Crippen LogP contribution >= 0.6 is 0 Å². The molecule has 0 radical (unpaired) electrons. The van der Waals surface area contributed by atoms with E-state index in [1.807, 2.05) is 46.7 Å². The molecule has 0 aromatic carbocycles. The Morgan fingerprint density at radius 3 is 2.08 bits per heavy atom. The van der Waals surface area contributed by atoms with E-state index in [2.05, 4.69) is 4.99 Å². The first-order valence-corrected chi connectivity index (χ1v) is 4.48. The third-order valence-corrected chi connectivity index (χ3v) is 1.62. The molecule has 0 atom stereocenters. The second-order valence-corrected chi connectivity index (χ2v) is 4.68. The van der Waals surface area contributed by atoms with Gasteiger partial charge in [-0.15, -0.1) is 0 Å². The van der Waals surface area contributed by atoms with Crippen molar-refractivity contribution in [1.82, 2.24) is 4.90 Å². The first-order chi connectivity index (χ1) is 5.72. The summed E-state index contributed by atoms with van der Waals surface area (Å²) in [4.78, 5) is 17.2. The van der Waals surface area contributed by atoms with E-state index in [9.17, 15) is 4.79 Å². The number of aliphatic imine (C=N–C) groups is 1. The minimum Gasteiger partial charge on any atom is -0.366 e. The number of hydrogen-bond acceptors (Lipinski definition) is 1. The standard InChI is InChI=1S/C10H20N2O/c1-8(12(5)6)11-9(13)7-10(2,3)4/h7H2,1-6H3. The van der Waals surface area contributed by atoms with Crippen molar-refractivity contribution in [2.24, 2.45) is 10.4 Å². The van der Waals surface area contributed by atoms with Crippen molar-refractivity contribution in [3.63, 3.8) is 0 Å². The van der Waals surface area contributed by atoms with Gasteiger partial charge in [-0.25, -0.2) is 4.99 Å². The molecular weight excluding hydrogens is 164 g/mol. The van der Waals surface area contributed by atoms with Crippen molar-refractivity contribution >= 4 is 11.7 Å². The van der Waals surface area contributed by atoms with Gasteiger partial charge in [-0.3, -0.25) is 4.79 Å². The fraction of sp³-hybridized carbons (Fsp3) is 0.800. The lowest BCUT2D eigenvalue weighted by Gasteiger charge is -2.16. The van der Waals surface area contributed by atoms with Gasteiger partial charge in [-0.2, -0.15) is 0 Å². The topological polar surface area (TPSA) is 32.7 Å². The average molecular weight is 184 g/mol. The van der Waals surface area contributed by atoms with Crippen LogP contribution in [-0.2, 0) is 4.79 Å². The van der Waals surface area contributed by atoms with Gasteiger partial charge in [0.2, 0.25) is 5.91 Å². The Morgan fingerprint density at radius 1 is 1.31 bits per heavy atom. The van der Waals surface area contributed by atoms with E-state index in [1.54, 1.807) is 0 Å². The van der Waals surface area contributed by atoms with Crippen LogP contribution in [0.25, 0.3) is 0 Å². The number of rotatable bonds is 1. The summed E-state index contributed by atoms with van der Waals surface area (Å²) in [5.74, 6) is 0.716. The molecule has 3 heteroatoms. The fourth-order valence-corrected chi connectivity index (χ4v) is 0.774. The smallest absolute Gasteiger partial charge is 0.247 e. The van der Waals surface area contributed by atoms with Gasteiger partial charge in [0.15, 0.2) is 0 Å². The lowest BCUT2D eigenvalue weighted by Crippen LogP contribution is -2.21. The third-order valence-electron chi connectivity index (χ3n) is 1.62. The number of hydrogen-bond donors (Lipinski definition) is 0. The summed E-state index contributed by atoms with van der Waals surface area (Å²) in [6.07, 6.45) is 0.498. The molecule has 0 saturated heterocycles. The Labute approximate surface area is 80.8 Å². The maximum absolute atomic E-state index is 11.4. The third kappa shape index (κ3) is 6.31. The summed E-state index contributed by atoms with van der Waals surface area (Å²) in [5.41, 5.74) is 0.0210. The highest BCUT2D eigenvalue weighted by molar-refractivity contribution is 5.93. The molecular formula is C10H20N2O. The van der Waals surface area contributed by atoms with Crippen LogP contribution in [0, 0.1) is 5.41 Å². The largest absolute Gasteiger partial charge is 0.366 e. The van der Waals surface area contributed by atoms with Crippen LogP contribution in [0.15, 0.2) is 4.99 Å². The molecule has 1 amide bonds. The number of amidine groups is 1. The normalized spacial score (nSPS) is 12.9. The van der Waals surface area contributed by atoms with Gasteiger partial charge < -0.3 is 4.90 Å². The Bertz CT molecular complexity index is 211. The summed E-state index contributed by atoms with van der Waals surface area (Å²) < 4.78 is 0. The first kappa shape index (κ1) is 12.1. The van der Waals surface area contributed by atoms with Crippen LogP contribution < -0.4 is 0 Å². The minimum absolute atomic E-state index is 0.0210. The van der Waals surface area contributed by atoms with Gasteiger partial charge in [0, 0.05) is 20.5 Å². The molecule has 0 aliphatic carbocycles. The van der Waals surface area contributed by atoms with E-state index in [1.165, 1.54) is 0 Å². The molecule has 0 aromatic heterocycles. The fourth-order valence-electron chi connectivity index (χ4n) is 0.774. The molecule has 0 bridgehead atoms. The molecule has 13 heavy (non-hydrogen) atoms. The summed E-state index contributed by atoms with van der Waals surface area (Å²) in [6, 6.07) is 0. The monoisotopic (exact) mass is 184 g/mol. The SMILES string of the molecule is CC(=NC(=O)CC(C)(C)C)N(C)C. The lowest BCUT2D eigenvalue weighted by atomic mass is 9.92. The van der Waals surface area contributed by atoms with Crippen LogP contribution in [-0.4, -0.2) is 30.7 Å².